The van der Waals surface area contributed by atoms with Crippen LogP contribution in [0.1, 0.15) is 18.9 Å². The molecule has 0 unspecified atom stereocenters. The number of carbonyl (C=O) groups excluding carboxylic acids is 3. The lowest BCUT2D eigenvalue weighted by atomic mass is 10.2. The van der Waals surface area contributed by atoms with Gasteiger partial charge in [0, 0.05) is 32.7 Å². The number of piperazine rings is 1. The van der Waals surface area contributed by atoms with Crippen LogP contribution >= 0.6 is 0 Å². The number of hydrogen-bond donors (Lipinski definition) is 0. The smallest absolute Gasteiger partial charge is 0.283 e. The Kier molecular flexibility index (Phi) is 5.97. The van der Waals surface area contributed by atoms with Crippen LogP contribution in [0.5, 0.6) is 0 Å². The van der Waals surface area contributed by atoms with E-state index in [1.807, 2.05) is 6.07 Å². The molecule has 4 amide bonds. The van der Waals surface area contributed by atoms with Crippen molar-refractivity contribution < 1.29 is 22.8 Å². The second-order valence-electron chi connectivity index (χ2n) is 6.74. The molecule has 0 saturated carbocycles. The van der Waals surface area contributed by atoms with Crippen molar-refractivity contribution in [1.82, 2.24) is 19.0 Å². The number of hydrogen-bond acceptors (Lipinski definition) is 7. The van der Waals surface area contributed by atoms with E-state index in [0.29, 0.717) is 6.42 Å². The van der Waals surface area contributed by atoms with Crippen LogP contribution in [0.15, 0.2) is 29.2 Å². The molecular formula is C18H21N5O5S. The van der Waals surface area contributed by atoms with Crippen LogP contribution in [0, 0.1) is 11.3 Å². The molecule has 0 aliphatic carbocycles. The fraction of sp³-hybridized carbons (Fsp3) is 0.444. The first-order valence-corrected chi connectivity index (χ1v) is 10.6. The van der Waals surface area contributed by atoms with Gasteiger partial charge in [-0.25, -0.2) is 18.1 Å². The molecule has 2 heterocycles. The number of amides is 4. The Morgan fingerprint density at radius 3 is 2.24 bits per heavy atom. The van der Waals surface area contributed by atoms with Crippen LogP contribution in [-0.4, -0.2) is 84.7 Å². The molecular weight excluding hydrogens is 398 g/mol. The summed E-state index contributed by atoms with van der Waals surface area (Å²) in [5.74, 6) is -1.69. The molecule has 0 aromatic heterocycles. The van der Waals surface area contributed by atoms with E-state index in [1.165, 1.54) is 16.4 Å². The van der Waals surface area contributed by atoms with E-state index >= 15 is 0 Å². The summed E-state index contributed by atoms with van der Waals surface area (Å²) in [5.41, 5.74) is 0.0812. The Balaban J connectivity index is 1.65. The minimum absolute atomic E-state index is 0.0401. The maximum Gasteiger partial charge on any atom is 0.335 e. The minimum atomic E-state index is -3.83. The predicted octanol–water partition coefficient (Wildman–Crippen LogP) is 0.0229. The zero-order chi connectivity index (χ0) is 21.2. The molecule has 0 atom stereocenters. The Bertz CT molecular complexity index is 979. The molecule has 0 spiro atoms. The number of nitriles is 1. The first kappa shape index (κ1) is 20.9. The molecule has 2 aliphatic heterocycles. The molecule has 2 saturated heterocycles. The largest absolute Gasteiger partial charge is 0.335 e. The van der Waals surface area contributed by atoms with Gasteiger partial charge in [0.25, 0.3) is 0 Å². The molecule has 0 N–H and O–H groups in total. The van der Waals surface area contributed by atoms with E-state index in [2.05, 4.69) is 0 Å². The number of benzene rings is 1. The molecule has 3 rings (SSSR count). The molecule has 2 aliphatic rings. The highest BCUT2D eigenvalue weighted by molar-refractivity contribution is 7.89. The Hall–Kier alpha value is -2.81. The van der Waals surface area contributed by atoms with E-state index in [1.54, 1.807) is 24.0 Å². The summed E-state index contributed by atoms with van der Waals surface area (Å²) in [5, 5.41) is 9.17. The van der Waals surface area contributed by atoms with E-state index in [0.717, 1.165) is 9.80 Å². The minimum Gasteiger partial charge on any atom is -0.283 e. The Morgan fingerprint density at radius 2 is 1.62 bits per heavy atom. The van der Waals surface area contributed by atoms with Gasteiger partial charge >= 0.3 is 17.8 Å². The van der Waals surface area contributed by atoms with Crippen molar-refractivity contribution in [2.24, 2.45) is 0 Å². The Labute approximate surface area is 168 Å². The molecule has 0 bridgehead atoms. The summed E-state index contributed by atoms with van der Waals surface area (Å²) in [7, 11) is -3.83. The monoisotopic (exact) mass is 419 g/mol. The van der Waals surface area contributed by atoms with E-state index in [9.17, 15) is 28.1 Å². The summed E-state index contributed by atoms with van der Waals surface area (Å²) >= 11 is 0. The second-order valence-corrected chi connectivity index (χ2v) is 8.65. The first-order valence-electron chi connectivity index (χ1n) is 9.20. The lowest BCUT2D eigenvalue weighted by Gasteiger charge is -2.35. The van der Waals surface area contributed by atoms with Crippen molar-refractivity contribution in [3.05, 3.63) is 29.8 Å². The number of urea groups is 1. The molecule has 0 radical (unpaired) electrons. The topological polar surface area (TPSA) is 122 Å². The van der Waals surface area contributed by atoms with Gasteiger partial charge in [-0.3, -0.25) is 19.4 Å². The van der Waals surface area contributed by atoms with Crippen molar-refractivity contribution in [3.8, 4) is 6.07 Å². The van der Waals surface area contributed by atoms with Crippen LogP contribution in [0.3, 0.4) is 0 Å². The fourth-order valence-electron chi connectivity index (χ4n) is 3.33. The van der Waals surface area contributed by atoms with Gasteiger partial charge in [0.2, 0.25) is 10.0 Å². The number of imide groups is 2. The van der Waals surface area contributed by atoms with Gasteiger partial charge in [0.05, 0.1) is 17.1 Å². The summed E-state index contributed by atoms with van der Waals surface area (Å²) in [6, 6.07) is 7.27. The van der Waals surface area contributed by atoms with Crippen LogP contribution in [0.2, 0.25) is 0 Å². The van der Waals surface area contributed by atoms with Crippen LogP contribution in [0.25, 0.3) is 0 Å². The third-order valence-corrected chi connectivity index (χ3v) is 6.84. The third-order valence-electron chi connectivity index (χ3n) is 4.88. The van der Waals surface area contributed by atoms with E-state index in [-0.39, 0.29) is 49.9 Å². The average molecular weight is 419 g/mol. The Morgan fingerprint density at radius 1 is 1.00 bits per heavy atom. The van der Waals surface area contributed by atoms with Crippen LogP contribution in [-0.2, 0) is 19.6 Å². The van der Waals surface area contributed by atoms with Crippen LogP contribution < -0.4 is 0 Å². The highest BCUT2D eigenvalue weighted by atomic mass is 32.2. The summed E-state index contributed by atoms with van der Waals surface area (Å²) in [6.45, 7) is 2.78. The zero-order valence-corrected chi connectivity index (χ0v) is 16.8. The summed E-state index contributed by atoms with van der Waals surface area (Å²) < 4.78 is 27.0. The van der Waals surface area contributed by atoms with Crippen molar-refractivity contribution >= 4 is 27.9 Å². The number of nitrogens with zero attached hydrogens (tertiary/aromatic N) is 5. The molecule has 1 aromatic rings. The predicted molar refractivity (Wildman–Crippen MR) is 101 cm³/mol. The second kappa shape index (κ2) is 8.28. The highest BCUT2D eigenvalue weighted by Gasteiger charge is 2.44. The lowest BCUT2D eigenvalue weighted by Crippen LogP contribution is -2.52. The van der Waals surface area contributed by atoms with Gasteiger partial charge < -0.3 is 0 Å². The van der Waals surface area contributed by atoms with Gasteiger partial charge in [-0.2, -0.15) is 9.57 Å². The lowest BCUT2D eigenvalue weighted by molar-refractivity contribution is -0.144. The van der Waals surface area contributed by atoms with E-state index < -0.39 is 27.9 Å². The molecule has 1 aromatic carbocycles. The van der Waals surface area contributed by atoms with Crippen molar-refractivity contribution in [2.75, 3.05) is 39.4 Å². The highest BCUT2D eigenvalue weighted by Crippen LogP contribution is 2.21. The number of rotatable bonds is 6. The van der Waals surface area contributed by atoms with Gasteiger partial charge in [-0.05, 0) is 18.6 Å². The molecule has 29 heavy (non-hydrogen) atoms. The maximum absolute atomic E-state index is 12.9. The van der Waals surface area contributed by atoms with Crippen LogP contribution in [0.4, 0.5) is 4.79 Å². The van der Waals surface area contributed by atoms with Gasteiger partial charge in [-0.1, -0.05) is 19.1 Å². The van der Waals surface area contributed by atoms with E-state index in [4.69, 9.17) is 0 Å². The summed E-state index contributed by atoms with van der Waals surface area (Å²) in [4.78, 5) is 39.9. The average Bonchev–Trinajstić information content (AvgIpc) is 2.92. The number of carbonyl (C=O) groups is 3. The fourth-order valence-corrected chi connectivity index (χ4v) is 4.89. The molecule has 2 fully saturated rings. The van der Waals surface area contributed by atoms with Gasteiger partial charge in [-0.15, -0.1) is 0 Å². The third kappa shape index (κ3) is 3.87. The molecule has 11 heteroatoms. The SMILES string of the molecule is CCCN1C(=O)C(=O)N(CN2CCN(S(=O)(=O)c3ccccc3C#N)CC2)C1=O. The van der Waals surface area contributed by atoms with Crippen molar-refractivity contribution in [2.45, 2.75) is 18.2 Å². The zero-order valence-electron chi connectivity index (χ0n) is 15.9. The normalized spacial score (nSPS) is 19.1. The number of sulfonamides is 1. The van der Waals surface area contributed by atoms with Crippen molar-refractivity contribution in [3.63, 3.8) is 0 Å². The summed E-state index contributed by atoms with van der Waals surface area (Å²) in [6.07, 6.45) is 0.555. The molecule has 154 valence electrons. The molecule has 10 nitrogen and oxygen atoms in total. The maximum atomic E-state index is 12.9. The van der Waals surface area contributed by atoms with Gasteiger partial charge in [0.15, 0.2) is 0 Å². The standard InChI is InChI=1S/C18H21N5O5S/c1-2-7-22-16(24)17(25)23(18(22)26)13-20-8-10-21(11-9-20)29(27,28)15-6-4-3-5-14(15)12-19/h3-6H,2,7-11,13H2,1H3. The first-order chi connectivity index (χ1) is 13.8. The van der Waals surface area contributed by atoms with Gasteiger partial charge in [0.1, 0.15) is 6.07 Å². The quantitative estimate of drug-likeness (QED) is 0.471. The van der Waals surface area contributed by atoms with Crippen molar-refractivity contribution in [1.29, 1.82) is 5.26 Å².